The molecule has 1 rings (SSSR count). The number of primary amides is 1. The van der Waals surface area contributed by atoms with E-state index in [-0.39, 0.29) is 12.4 Å². The number of halogens is 2. The van der Waals surface area contributed by atoms with Gasteiger partial charge in [-0.15, -0.1) is 0 Å². The third-order valence-corrected chi connectivity index (χ3v) is 2.00. The van der Waals surface area contributed by atoms with E-state index in [2.05, 4.69) is 5.32 Å². The zero-order valence-electron chi connectivity index (χ0n) is 8.67. The van der Waals surface area contributed by atoms with Crippen molar-refractivity contribution in [2.75, 3.05) is 13.7 Å². The fraction of sp³-hybridized carbons (Fsp3) is 0.300. The smallest absolute Gasteiger partial charge is 0.238 e. The molecule has 0 aliphatic carbocycles. The number of hydrogen-bond acceptors (Lipinski definition) is 3. The molecule has 0 aliphatic rings. The van der Waals surface area contributed by atoms with E-state index in [9.17, 15) is 13.6 Å². The first-order chi connectivity index (χ1) is 7.54. The Morgan fingerprint density at radius 1 is 1.50 bits per heavy atom. The second-order valence-electron chi connectivity index (χ2n) is 3.13. The van der Waals surface area contributed by atoms with Gasteiger partial charge >= 0.3 is 0 Å². The number of ether oxygens (including phenoxy) is 1. The molecule has 88 valence electrons. The highest BCUT2D eigenvalue weighted by Gasteiger charge is 2.13. The maximum Gasteiger partial charge on any atom is 0.238 e. The molecule has 0 fully saturated rings. The summed E-state index contributed by atoms with van der Waals surface area (Å²) in [4.78, 5) is 10.8. The lowest BCUT2D eigenvalue weighted by molar-refractivity contribution is -0.120. The lowest BCUT2D eigenvalue weighted by Crippen LogP contribution is -2.43. The average molecular weight is 230 g/mol. The third-order valence-electron chi connectivity index (χ3n) is 2.00. The SMILES string of the molecule is CNC(COc1ccc(F)c(F)c1)C(N)=O. The Balaban J connectivity index is 2.60. The maximum absolute atomic E-state index is 12.8. The summed E-state index contributed by atoms with van der Waals surface area (Å²) in [6.45, 7) is -0.0447. The number of carbonyl (C=O) groups is 1. The van der Waals surface area contributed by atoms with Gasteiger partial charge in [-0.1, -0.05) is 0 Å². The molecule has 0 saturated heterocycles. The molecule has 6 heteroatoms. The van der Waals surface area contributed by atoms with E-state index in [0.29, 0.717) is 0 Å². The summed E-state index contributed by atoms with van der Waals surface area (Å²) in [5.74, 6) is -2.39. The standard InChI is InChI=1S/C10H12F2N2O2/c1-14-9(10(13)15)5-16-6-2-3-7(11)8(12)4-6/h2-4,9,14H,5H2,1H3,(H2,13,15). The second-order valence-corrected chi connectivity index (χ2v) is 3.13. The van der Waals surface area contributed by atoms with Crippen LogP contribution in [0, 0.1) is 11.6 Å². The van der Waals surface area contributed by atoms with Crippen molar-refractivity contribution in [1.82, 2.24) is 5.32 Å². The molecule has 4 nitrogen and oxygen atoms in total. The molecule has 0 aliphatic heterocycles. The van der Waals surface area contributed by atoms with Crippen LogP contribution in [0.2, 0.25) is 0 Å². The largest absolute Gasteiger partial charge is 0.491 e. The van der Waals surface area contributed by atoms with E-state index >= 15 is 0 Å². The summed E-state index contributed by atoms with van der Waals surface area (Å²) in [6.07, 6.45) is 0. The fourth-order valence-corrected chi connectivity index (χ4v) is 1.05. The molecule has 1 atom stereocenters. The van der Waals surface area contributed by atoms with E-state index in [1.165, 1.54) is 6.07 Å². The van der Waals surface area contributed by atoms with Crippen molar-refractivity contribution in [1.29, 1.82) is 0 Å². The minimum absolute atomic E-state index is 0.0447. The fourth-order valence-electron chi connectivity index (χ4n) is 1.05. The Kier molecular flexibility index (Phi) is 4.19. The molecular formula is C10H12F2N2O2. The predicted molar refractivity (Wildman–Crippen MR) is 53.9 cm³/mol. The second kappa shape index (κ2) is 5.41. The molecule has 0 saturated carbocycles. The monoisotopic (exact) mass is 230 g/mol. The Labute approximate surface area is 91.4 Å². The van der Waals surface area contributed by atoms with Gasteiger partial charge in [0.15, 0.2) is 11.6 Å². The molecule has 0 spiro atoms. The highest BCUT2D eigenvalue weighted by Crippen LogP contribution is 2.15. The van der Waals surface area contributed by atoms with Crippen LogP contribution in [0.5, 0.6) is 5.75 Å². The van der Waals surface area contributed by atoms with Crippen LogP contribution in [0.1, 0.15) is 0 Å². The van der Waals surface area contributed by atoms with E-state index in [4.69, 9.17) is 10.5 Å². The van der Waals surface area contributed by atoms with Crippen LogP contribution in [0.15, 0.2) is 18.2 Å². The molecule has 0 heterocycles. The Hall–Kier alpha value is -1.69. The average Bonchev–Trinajstić information content (AvgIpc) is 2.23. The van der Waals surface area contributed by atoms with Crippen molar-refractivity contribution < 1.29 is 18.3 Å². The molecule has 1 amide bonds. The molecule has 0 bridgehead atoms. The van der Waals surface area contributed by atoms with E-state index in [1.807, 2.05) is 0 Å². The Morgan fingerprint density at radius 2 is 2.19 bits per heavy atom. The van der Waals surface area contributed by atoms with Crippen LogP contribution in [0.25, 0.3) is 0 Å². The highest BCUT2D eigenvalue weighted by molar-refractivity contribution is 5.79. The number of amides is 1. The van der Waals surface area contributed by atoms with Crippen LogP contribution >= 0.6 is 0 Å². The molecule has 1 unspecified atom stereocenters. The van der Waals surface area contributed by atoms with Gasteiger partial charge in [0.2, 0.25) is 5.91 Å². The van der Waals surface area contributed by atoms with Gasteiger partial charge < -0.3 is 15.8 Å². The van der Waals surface area contributed by atoms with Crippen LogP contribution in [0.3, 0.4) is 0 Å². The number of benzene rings is 1. The predicted octanol–water partition coefficient (Wildman–Crippen LogP) is 0.417. The zero-order valence-corrected chi connectivity index (χ0v) is 8.67. The van der Waals surface area contributed by atoms with Crippen LogP contribution < -0.4 is 15.8 Å². The molecule has 1 aromatic rings. The van der Waals surface area contributed by atoms with E-state index < -0.39 is 23.6 Å². The van der Waals surface area contributed by atoms with Crippen LogP contribution in [-0.2, 0) is 4.79 Å². The molecule has 1 aromatic carbocycles. The van der Waals surface area contributed by atoms with Crippen molar-refractivity contribution in [3.63, 3.8) is 0 Å². The lowest BCUT2D eigenvalue weighted by Gasteiger charge is -2.13. The van der Waals surface area contributed by atoms with Crippen molar-refractivity contribution in [2.24, 2.45) is 5.73 Å². The van der Waals surface area contributed by atoms with Crippen LogP contribution in [-0.4, -0.2) is 25.6 Å². The highest BCUT2D eigenvalue weighted by atomic mass is 19.2. The maximum atomic E-state index is 12.8. The summed E-state index contributed by atoms with van der Waals surface area (Å²) in [6, 6.07) is 2.45. The molecule has 3 N–H and O–H groups in total. The minimum Gasteiger partial charge on any atom is -0.491 e. The number of hydrogen-bond donors (Lipinski definition) is 2. The number of carbonyl (C=O) groups excluding carboxylic acids is 1. The summed E-state index contributed by atoms with van der Waals surface area (Å²) in [5.41, 5.74) is 5.05. The normalized spacial score (nSPS) is 12.2. The van der Waals surface area contributed by atoms with Gasteiger partial charge in [0, 0.05) is 6.07 Å². The Morgan fingerprint density at radius 3 is 2.69 bits per heavy atom. The van der Waals surface area contributed by atoms with Gasteiger partial charge in [-0.25, -0.2) is 8.78 Å². The molecular weight excluding hydrogens is 218 g/mol. The van der Waals surface area contributed by atoms with Gasteiger partial charge in [-0.3, -0.25) is 4.79 Å². The number of nitrogens with one attached hydrogen (secondary N) is 1. The van der Waals surface area contributed by atoms with Gasteiger partial charge in [-0.05, 0) is 19.2 Å². The summed E-state index contributed by atoms with van der Waals surface area (Å²) < 4.78 is 30.4. The molecule has 0 aromatic heterocycles. The number of nitrogens with two attached hydrogens (primary N) is 1. The Bertz CT molecular complexity index is 385. The topological polar surface area (TPSA) is 64.3 Å². The van der Waals surface area contributed by atoms with E-state index in [1.54, 1.807) is 7.05 Å². The van der Waals surface area contributed by atoms with Crippen molar-refractivity contribution in [3.05, 3.63) is 29.8 Å². The summed E-state index contributed by atoms with van der Waals surface area (Å²) >= 11 is 0. The summed E-state index contributed by atoms with van der Waals surface area (Å²) in [5, 5.41) is 2.63. The van der Waals surface area contributed by atoms with Crippen molar-refractivity contribution >= 4 is 5.91 Å². The van der Waals surface area contributed by atoms with Gasteiger partial charge in [-0.2, -0.15) is 0 Å². The minimum atomic E-state index is -1.00. The van der Waals surface area contributed by atoms with Gasteiger partial charge in [0.25, 0.3) is 0 Å². The molecule has 16 heavy (non-hydrogen) atoms. The van der Waals surface area contributed by atoms with Crippen molar-refractivity contribution in [3.8, 4) is 5.75 Å². The van der Waals surface area contributed by atoms with Crippen molar-refractivity contribution in [2.45, 2.75) is 6.04 Å². The van der Waals surface area contributed by atoms with Gasteiger partial charge in [0.05, 0.1) is 0 Å². The number of rotatable bonds is 5. The third kappa shape index (κ3) is 3.16. The first-order valence-electron chi connectivity index (χ1n) is 4.59. The lowest BCUT2D eigenvalue weighted by atomic mass is 10.3. The first-order valence-corrected chi connectivity index (χ1v) is 4.59. The van der Waals surface area contributed by atoms with E-state index in [0.717, 1.165) is 12.1 Å². The summed E-state index contributed by atoms with van der Waals surface area (Å²) in [7, 11) is 1.55. The van der Waals surface area contributed by atoms with Crippen LogP contribution in [0.4, 0.5) is 8.78 Å². The first kappa shape index (κ1) is 12.4. The number of likely N-dealkylation sites (N-methyl/N-ethyl adjacent to an activating group) is 1. The van der Waals surface area contributed by atoms with Gasteiger partial charge in [0.1, 0.15) is 18.4 Å². The quantitative estimate of drug-likeness (QED) is 0.770. The molecule has 0 radical (unpaired) electrons. The zero-order chi connectivity index (χ0) is 12.1.